The summed E-state index contributed by atoms with van der Waals surface area (Å²) in [5, 5.41) is 4.13. The van der Waals surface area contributed by atoms with Gasteiger partial charge in [0.25, 0.3) is 0 Å². The lowest BCUT2D eigenvalue weighted by Crippen LogP contribution is -2.29. The molecule has 2 saturated carbocycles. The molecule has 2 bridgehead atoms. The number of fused-ring (bicyclic) bond motifs is 2. The second-order valence-corrected chi connectivity index (χ2v) is 5.17. The Kier molecular flexibility index (Phi) is 3.80. The highest BCUT2D eigenvalue weighted by molar-refractivity contribution is 5.86. The number of nitrogens with zero attached hydrogens (tertiary/aromatic N) is 1. The van der Waals surface area contributed by atoms with Crippen LogP contribution in [0.3, 0.4) is 0 Å². The number of urea groups is 1. The molecule has 0 heterocycles. The lowest BCUT2D eigenvalue weighted by Gasteiger charge is -2.32. The van der Waals surface area contributed by atoms with Crippen molar-refractivity contribution in [2.75, 3.05) is 0 Å². The highest BCUT2D eigenvalue weighted by Gasteiger charge is 2.27. The molecule has 2 fully saturated rings. The maximum absolute atomic E-state index is 10.6. The molecule has 2 rings (SSSR count). The van der Waals surface area contributed by atoms with Crippen molar-refractivity contribution >= 4 is 11.7 Å². The van der Waals surface area contributed by atoms with Crippen LogP contribution in [0, 0.1) is 11.8 Å². The van der Waals surface area contributed by atoms with Gasteiger partial charge in [0.05, 0.1) is 0 Å². The quantitative estimate of drug-likeness (QED) is 0.658. The summed E-state index contributed by atoms with van der Waals surface area (Å²) in [6.45, 7) is 0. The number of amides is 2. The Labute approximate surface area is 96.7 Å². The second-order valence-electron chi connectivity index (χ2n) is 5.17. The number of hydrazone groups is 1. The van der Waals surface area contributed by atoms with Crippen molar-refractivity contribution in [1.82, 2.24) is 5.43 Å². The summed E-state index contributed by atoms with van der Waals surface area (Å²) in [5.41, 5.74) is 8.53. The van der Waals surface area contributed by atoms with Crippen molar-refractivity contribution in [1.29, 1.82) is 0 Å². The maximum Gasteiger partial charge on any atom is 0.332 e. The van der Waals surface area contributed by atoms with Gasteiger partial charge in [-0.2, -0.15) is 5.10 Å². The van der Waals surface area contributed by atoms with Crippen molar-refractivity contribution < 1.29 is 4.79 Å². The lowest BCUT2D eigenvalue weighted by atomic mass is 9.74. The number of rotatable bonds is 1. The van der Waals surface area contributed by atoms with E-state index in [1.165, 1.54) is 38.5 Å². The summed E-state index contributed by atoms with van der Waals surface area (Å²) < 4.78 is 0. The van der Waals surface area contributed by atoms with Crippen LogP contribution in [0.15, 0.2) is 5.10 Å². The number of carbonyl (C=O) groups excluding carboxylic acids is 1. The Balaban J connectivity index is 1.96. The molecule has 0 spiro atoms. The molecule has 4 nitrogen and oxygen atoms in total. The summed E-state index contributed by atoms with van der Waals surface area (Å²) in [5.74, 6) is 1.57. The van der Waals surface area contributed by atoms with Gasteiger partial charge in [-0.1, -0.05) is 32.1 Å². The lowest BCUT2D eigenvalue weighted by molar-refractivity contribution is 0.248. The van der Waals surface area contributed by atoms with Crippen LogP contribution in [-0.2, 0) is 0 Å². The van der Waals surface area contributed by atoms with Gasteiger partial charge in [-0.05, 0) is 31.1 Å². The average Bonchev–Trinajstić information content (AvgIpc) is 2.24. The molecule has 4 heteroatoms. The van der Waals surface area contributed by atoms with Gasteiger partial charge in [0.15, 0.2) is 0 Å². The van der Waals surface area contributed by atoms with Crippen LogP contribution in [0.4, 0.5) is 4.79 Å². The van der Waals surface area contributed by atoms with Crippen molar-refractivity contribution in [2.45, 2.75) is 51.4 Å². The Morgan fingerprint density at radius 3 is 2.38 bits per heavy atom. The van der Waals surface area contributed by atoms with Gasteiger partial charge in [-0.25, -0.2) is 10.2 Å². The molecule has 90 valence electrons. The van der Waals surface area contributed by atoms with Crippen LogP contribution in [0.25, 0.3) is 0 Å². The Morgan fingerprint density at radius 1 is 1.19 bits per heavy atom. The number of nitrogens with one attached hydrogen (secondary N) is 1. The summed E-state index contributed by atoms with van der Waals surface area (Å²) >= 11 is 0. The first-order valence-corrected chi connectivity index (χ1v) is 6.35. The Hall–Kier alpha value is -1.06. The van der Waals surface area contributed by atoms with E-state index in [0.717, 1.165) is 30.4 Å². The second kappa shape index (κ2) is 5.32. The van der Waals surface area contributed by atoms with E-state index in [-0.39, 0.29) is 0 Å². The standard InChI is InChI=1S/C12H21N3O/c13-12(16)15-14-11-7-9-4-2-1-3-5-10(6-9)8-11/h9-10H,1-8H2,(H3,13,15,16)/t9-,10+. The molecule has 0 aromatic heterocycles. The van der Waals surface area contributed by atoms with E-state index in [1.807, 2.05) is 0 Å². The topological polar surface area (TPSA) is 67.5 Å². The molecular formula is C12H21N3O. The molecule has 2 amide bonds. The van der Waals surface area contributed by atoms with Gasteiger partial charge in [-0.3, -0.25) is 0 Å². The highest BCUT2D eigenvalue weighted by atomic mass is 16.2. The monoisotopic (exact) mass is 223 g/mol. The van der Waals surface area contributed by atoms with Crippen LogP contribution < -0.4 is 11.2 Å². The molecule has 0 aromatic carbocycles. The number of hydrogen-bond donors (Lipinski definition) is 2. The highest BCUT2D eigenvalue weighted by Crippen LogP contribution is 2.36. The summed E-state index contributed by atoms with van der Waals surface area (Å²) in [4.78, 5) is 10.6. The summed E-state index contributed by atoms with van der Waals surface area (Å²) in [6.07, 6.45) is 10.2. The van der Waals surface area contributed by atoms with Crippen LogP contribution in [-0.4, -0.2) is 11.7 Å². The molecule has 0 aromatic rings. The SMILES string of the molecule is NC(=O)NN=C1C[C@H]2CCCCC[C@@H](C1)C2. The molecule has 0 aliphatic heterocycles. The third kappa shape index (κ3) is 3.22. The number of primary amides is 1. The summed E-state index contributed by atoms with van der Waals surface area (Å²) in [7, 11) is 0. The van der Waals surface area contributed by atoms with E-state index in [0.29, 0.717) is 0 Å². The molecule has 2 aliphatic rings. The molecule has 0 unspecified atom stereocenters. The van der Waals surface area contributed by atoms with Gasteiger partial charge in [0, 0.05) is 5.71 Å². The third-order valence-corrected chi connectivity index (χ3v) is 3.76. The van der Waals surface area contributed by atoms with Crippen molar-refractivity contribution in [2.24, 2.45) is 22.7 Å². The predicted molar refractivity (Wildman–Crippen MR) is 64.1 cm³/mol. The fourth-order valence-corrected chi connectivity index (χ4v) is 3.10. The first-order chi connectivity index (χ1) is 7.74. The Bertz CT molecular complexity index is 272. The van der Waals surface area contributed by atoms with E-state index in [4.69, 9.17) is 5.73 Å². The molecular weight excluding hydrogens is 202 g/mol. The number of nitrogens with two attached hydrogens (primary N) is 1. The minimum absolute atomic E-state index is 0.557. The number of hydrogen-bond acceptors (Lipinski definition) is 2. The first-order valence-electron chi connectivity index (χ1n) is 6.35. The van der Waals surface area contributed by atoms with E-state index >= 15 is 0 Å². The van der Waals surface area contributed by atoms with E-state index in [9.17, 15) is 4.79 Å². The third-order valence-electron chi connectivity index (χ3n) is 3.76. The average molecular weight is 223 g/mol. The van der Waals surface area contributed by atoms with Gasteiger partial charge >= 0.3 is 6.03 Å². The van der Waals surface area contributed by atoms with Crippen molar-refractivity contribution in [3.05, 3.63) is 0 Å². The largest absolute Gasteiger partial charge is 0.350 e. The fraction of sp³-hybridized carbons (Fsp3) is 0.833. The predicted octanol–water partition coefficient (Wildman–Crippen LogP) is 2.39. The van der Waals surface area contributed by atoms with Gasteiger partial charge in [0.2, 0.25) is 0 Å². The smallest absolute Gasteiger partial charge is 0.332 e. The van der Waals surface area contributed by atoms with Crippen LogP contribution in [0.1, 0.15) is 51.4 Å². The number of carbonyl (C=O) groups is 1. The zero-order valence-corrected chi connectivity index (χ0v) is 9.74. The molecule has 16 heavy (non-hydrogen) atoms. The van der Waals surface area contributed by atoms with Crippen LogP contribution in [0.2, 0.25) is 0 Å². The van der Waals surface area contributed by atoms with E-state index in [2.05, 4.69) is 10.5 Å². The minimum atomic E-state index is -0.557. The fourth-order valence-electron chi connectivity index (χ4n) is 3.10. The van der Waals surface area contributed by atoms with Gasteiger partial charge in [0.1, 0.15) is 0 Å². The van der Waals surface area contributed by atoms with Crippen molar-refractivity contribution in [3.63, 3.8) is 0 Å². The normalized spacial score (nSPS) is 32.9. The van der Waals surface area contributed by atoms with Gasteiger partial charge in [-0.15, -0.1) is 0 Å². The van der Waals surface area contributed by atoms with E-state index < -0.39 is 6.03 Å². The molecule has 2 aliphatic carbocycles. The van der Waals surface area contributed by atoms with Crippen molar-refractivity contribution in [3.8, 4) is 0 Å². The maximum atomic E-state index is 10.6. The molecule has 2 atom stereocenters. The van der Waals surface area contributed by atoms with E-state index in [1.54, 1.807) is 0 Å². The summed E-state index contributed by atoms with van der Waals surface area (Å²) in [6, 6.07) is -0.557. The minimum Gasteiger partial charge on any atom is -0.350 e. The molecule has 0 radical (unpaired) electrons. The Morgan fingerprint density at radius 2 is 1.81 bits per heavy atom. The molecule has 0 saturated heterocycles. The van der Waals surface area contributed by atoms with Crippen LogP contribution in [0.5, 0.6) is 0 Å². The zero-order valence-electron chi connectivity index (χ0n) is 9.74. The molecule has 3 N–H and O–H groups in total. The zero-order chi connectivity index (χ0) is 11.4. The van der Waals surface area contributed by atoms with Crippen LogP contribution >= 0.6 is 0 Å². The first kappa shape index (κ1) is 11.4. The van der Waals surface area contributed by atoms with Gasteiger partial charge < -0.3 is 5.73 Å².